The van der Waals surface area contributed by atoms with Gasteiger partial charge in [0.05, 0.1) is 5.52 Å². The van der Waals surface area contributed by atoms with Gasteiger partial charge in [-0.3, -0.25) is 4.79 Å². The van der Waals surface area contributed by atoms with Crippen LogP contribution in [0.2, 0.25) is 0 Å². The van der Waals surface area contributed by atoms with Crippen LogP contribution in [0.5, 0.6) is 0 Å². The van der Waals surface area contributed by atoms with Gasteiger partial charge in [0.2, 0.25) is 5.91 Å². The van der Waals surface area contributed by atoms with Gasteiger partial charge >= 0.3 is 0 Å². The van der Waals surface area contributed by atoms with E-state index in [-0.39, 0.29) is 12.5 Å². The minimum absolute atomic E-state index is 0.0196. The van der Waals surface area contributed by atoms with Crippen LogP contribution in [0.3, 0.4) is 0 Å². The second-order valence-electron chi connectivity index (χ2n) is 6.24. The van der Waals surface area contributed by atoms with Crippen LogP contribution in [0.15, 0.2) is 66.9 Å². The molecule has 4 heteroatoms. The predicted molar refractivity (Wildman–Crippen MR) is 100 cm³/mol. The number of pyridine rings is 1. The maximum Gasteiger partial charge on any atom is 0.240 e. The summed E-state index contributed by atoms with van der Waals surface area (Å²) in [6.45, 7) is 2.84. The minimum Gasteiger partial charge on any atom is -0.350 e. The zero-order valence-corrected chi connectivity index (χ0v) is 14.1. The number of aryl methyl sites for hydroxylation is 1. The van der Waals surface area contributed by atoms with Crippen LogP contribution in [-0.2, 0) is 17.9 Å². The summed E-state index contributed by atoms with van der Waals surface area (Å²) in [6.07, 6.45) is 1.77. The van der Waals surface area contributed by atoms with Crippen molar-refractivity contribution < 1.29 is 4.79 Å². The first-order chi connectivity index (χ1) is 12.2. The first-order valence-corrected chi connectivity index (χ1v) is 8.36. The second-order valence-corrected chi connectivity index (χ2v) is 6.24. The van der Waals surface area contributed by atoms with Gasteiger partial charge < -0.3 is 9.88 Å². The molecular formula is C21H19N3O. The van der Waals surface area contributed by atoms with E-state index in [0.29, 0.717) is 6.54 Å². The Balaban J connectivity index is 1.59. The summed E-state index contributed by atoms with van der Waals surface area (Å²) in [6, 6.07) is 20.3. The van der Waals surface area contributed by atoms with Crippen molar-refractivity contribution in [3.8, 4) is 0 Å². The minimum atomic E-state index is -0.0196. The van der Waals surface area contributed by atoms with E-state index in [1.54, 1.807) is 6.20 Å². The molecule has 0 unspecified atom stereocenters. The highest BCUT2D eigenvalue weighted by molar-refractivity contribution is 6.07. The number of aromatic nitrogens is 2. The van der Waals surface area contributed by atoms with Crippen molar-refractivity contribution in [2.75, 3.05) is 0 Å². The molecule has 0 fully saturated rings. The normalized spacial score (nSPS) is 11.1. The zero-order chi connectivity index (χ0) is 17.2. The number of hydrogen-bond donors (Lipinski definition) is 1. The first kappa shape index (κ1) is 15.4. The average molecular weight is 329 g/mol. The van der Waals surface area contributed by atoms with Crippen LogP contribution < -0.4 is 5.32 Å². The van der Waals surface area contributed by atoms with Gasteiger partial charge in [-0.15, -0.1) is 0 Å². The van der Waals surface area contributed by atoms with Gasteiger partial charge in [0.25, 0.3) is 0 Å². The van der Waals surface area contributed by atoms with E-state index in [1.807, 2.05) is 47.0 Å². The van der Waals surface area contributed by atoms with Crippen LogP contribution in [0, 0.1) is 6.92 Å². The molecule has 2 aromatic heterocycles. The number of benzene rings is 2. The number of nitrogens with one attached hydrogen (secondary N) is 1. The number of carbonyl (C=O) groups is 1. The largest absolute Gasteiger partial charge is 0.350 e. The van der Waals surface area contributed by atoms with Crippen molar-refractivity contribution in [3.05, 3.63) is 78.0 Å². The molecule has 4 rings (SSSR count). The second kappa shape index (κ2) is 6.40. The summed E-state index contributed by atoms with van der Waals surface area (Å²) in [7, 11) is 0. The van der Waals surface area contributed by atoms with E-state index in [2.05, 4.69) is 35.4 Å². The number of carbonyl (C=O) groups excluding carboxylic acids is 1. The topological polar surface area (TPSA) is 46.9 Å². The van der Waals surface area contributed by atoms with E-state index in [9.17, 15) is 4.79 Å². The Morgan fingerprint density at radius 2 is 1.76 bits per heavy atom. The average Bonchev–Trinajstić information content (AvgIpc) is 2.96. The number of nitrogens with zero attached hydrogens (tertiary/aromatic N) is 2. The van der Waals surface area contributed by atoms with E-state index in [4.69, 9.17) is 0 Å². The predicted octanol–water partition coefficient (Wildman–Crippen LogP) is 3.81. The molecule has 2 aromatic carbocycles. The Kier molecular flexibility index (Phi) is 3.94. The molecule has 1 amide bonds. The Morgan fingerprint density at radius 1 is 1.00 bits per heavy atom. The maximum absolute atomic E-state index is 12.5. The SMILES string of the molecule is Cc1ccc(CNC(=O)Cn2c3ccccc3c3cccnc32)cc1. The van der Waals surface area contributed by atoms with Gasteiger partial charge in [-0.2, -0.15) is 0 Å². The standard InChI is InChI=1S/C21H19N3O/c1-15-8-10-16(11-9-15)13-23-20(25)14-24-19-7-3-2-5-17(19)18-6-4-12-22-21(18)24/h2-12H,13-14H2,1H3,(H,23,25). The van der Waals surface area contributed by atoms with Crippen LogP contribution in [-0.4, -0.2) is 15.5 Å². The van der Waals surface area contributed by atoms with Gasteiger partial charge in [-0.05, 0) is 30.7 Å². The van der Waals surface area contributed by atoms with Crippen LogP contribution in [0.25, 0.3) is 21.9 Å². The van der Waals surface area contributed by atoms with Crippen molar-refractivity contribution in [2.45, 2.75) is 20.0 Å². The Bertz CT molecular complexity index is 995. The number of fused-ring (bicyclic) bond motifs is 3. The molecule has 1 N–H and O–H groups in total. The van der Waals surface area contributed by atoms with Crippen LogP contribution in [0.4, 0.5) is 0 Å². The highest BCUT2D eigenvalue weighted by Gasteiger charge is 2.13. The molecule has 0 atom stereocenters. The number of hydrogen-bond acceptors (Lipinski definition) is 2. The lowest BCUT2D eigenvalue weighted by molar-refractivity contribution is -0.121. The van der Waals surface area contributed by atoms with Crippen molar-refractivity contribution in [1.29, 1.82) is 0 Å². The summed E-state index contributed by atoms with van der Waals surface area (Å²) < 4.78 is 1.98. The van der Waals surface area contributed by atoms with Crippen LogP contribution in [0.1, 0.15) is 11.1 Å². The smallest absolute Gasteiger partial charge is 0.240 e. The molecule has 25 heavy (non-hydrogen) atoms. The van der Waals surface area contributed by atoms with Gasteiger partial charge in [-0.25, -0.2) is 4.98 Å². The third kappa shape index (κ3) is 2.98. The van der Waals surface area contributed by atoms with Crippen molar-refractivity contribution in [3.63, 3.8) is 0 Å². The Hall–Kier alpha value is -3.14. The fourth-order valence-corrected chi connectivity index (χ4v) is 3.14. The molecule has 0 aliphatic heterocycles. The van der Waals surface area contributed by atoms with Crippen molar-refractivity contribution >= 4 is 27.8 Å². The molecule has 0 bridgehead atoms. The summed E-state index contributed by atoms with van der Waals surface area (Å²) >= 11 is 0. The molecule has 124 valence electrons. The molecule has 0 aliphatic carbocycles. The van der Waals surface area contributed by atoms with Crippen molar-refractivity contribution in [1.82, 2.24) is 14.9 Å². The molecular weight excluding hydrogens is 310 g/mol. The lowest BCUT2D eigenvalue weighted by Gasteiger charge is -2.08. The maximum atomic E-state index is 12.5. The molecule has 0 saturated carbocycles. The monoisotopic (exact) mass is 329 g/mol. The quantitative estimate of drug-likeness (QED) is 0.619. The van der Waals surface area contributed by atoms with Gasteiger partial charge in [0.1, 0.15) is 12.2 Å². The van der Waals surface area contributed by atoms with Gasteiger partial charge in [0.15, 0.2) is 0 Å². The zero-order valence-electron chi connectivity index (χ0n) is 14.1. The van der Waals surface area contributed by atoms with E-state index in [1.165, 1.54) is 5.56 Å². The molecule has 4 nitrogen and oxygen atoms in total. The van der Waals surface area contributed by atoms with E-state index in [0.717, 1.165) is 27.5 Å². The number of amides is 1. The summed E-state index contributed by atoms with van der Waals surface area (Å²) in [5.41, 5.74) is 4.18. The van der Waals surface area contributed by atoms with E-state index < -0.39 is 0 Å². The molecule has 2 heterocycles. The Labute approximate surface area is 146 Å². The number of para-hydroxylation sites is 1. The van der Waals surface area contributed by atoms with Crippen molar-refractivity contribution in [2.24, 2.45) is 0 Å². The molecule has 4 aromatic rings. The fraction of sp³-hybridized carbons (Fsp3) is 0.143. The molecule has 0 aliphatic rings. The molecule has 0 saturated heterocycles. The summed E-state index contributed by atoms with van der Waals surface area (Å²) in [4.78, 5) is 17.0. The summed E-state index contributed by atoms with van der Waals surface area (Å²) in [5, 5.41) is 5.19. The molecule has 0 radical (unpaired) electrons. The number of rotatable bonds is 4. The lowest BCUT2D eigenvalue weighted by Crippen LogP contribution is -2.27. The third-order valence-electron chi connectivity index (χ3n) is 4.44. The Morgan fingerprint density at radius 3 is 2.60 bits per heavy atom. The fourth-order valence-electron chi connectivity index (χ4n) is 3.14. The summed E-state index contributed by atoms with van der Waals surface area (Å²) in [5.74, 6) is -0.0196. The van der Waals surface area contributed by atoms with E-state index >= 15 is 0 Å². The lowest BCUT2D eigenvalue weighted by atomic mass is 10.1. The van der Waals surface area contributed by atoms with Gasteiger partial charge in [-0.1, -0.05) is 48.0 Å². The first-order valence-electron chi connectivity index (χ1n) is 8.36. The highest BCUT2D eigenvalue weighted by Crippen LogP contribution is 2.27. The highest BCUT2D eigenvalue weighted by atomic mass is 16.1. The third-order valence-corrected chi connectivity index (χ3v) is 4.44. The van der Waals surface area contributed by atoms with Crippen LogP contribution >= 0.6 is 0 Å². The van der Waals surface area contributed by atoms with Gasteiger partial charge in [0, 0.05) is 23.5 Å². The molecule has 0 spiro atoms.